The summed E-state index contributed by atoms with van der Waals surface area (Å²) in [6.07, 6.45) is 1.85. The molecule has 1 aliphatic rings. The van der Waals surface area contributed by atoms with Crippen molar-refractivity contribution in [3.8, 4) is 0 Å². The van der Waals surface area contributed by atoms with Gasteiger partial charge in [0.2, 0.25) is 16.0 Å². The maximum absolute atomic E-state index is 12.7. The summed E-state index contributed by atoms with van der Waals surface area (Å²) in [7, 11) is -4.06. The Morgan fingerprint density at radius 2 is 1.65 bits per heavy atom. The number of aromatic amines is 1. The molecule has 11 nitrogen and oxygen atoms in total. The van der Waals surface area contributed by atoms with Crippen molar-refractivity contribution in [2.75, 3.05) is 29.9 Å². The lowest BCUT2D eigenvalue weighted by atomic mass is 10.0. The standard InChI is InChI=1S/C28H30N6O5S/c35-26(29-18-25(27(36)37)33-40(38,39)22-6-2-1-3-7-22)19-10-12-21(13-11-19)34-16-14-20(15-17-34)30-28-31-23-8-4-5-9-24(23)32-28/h1-13,20,25,33H,14-18H2,(H,29,35)(H,36,37)(H2,30,31,32). The summed E-state index contributed by atoms with van der Waals surface area (Å²) in [5.41, 5.74) is 3.26. The number of carbonyl (C=O) groups excluding carboxylic acids is 1. The number of hydrogen-bond donors (Lipinski definition) is 5. The van der Waals surface area contributed by atoms with Gasteiger partial charge in [0, 0.05) is 36.9 Å². The number of nitrogens with one attached hydrogen (secondary N) is 4. The Morgan fingerprint density at radius 1 is 0.975 bits per heavy atom. The minimum atomic E-state index is -4.06. The molecular weight excluding hydrogens is 532 g/mol. The molecule has 1 aromatic heterocycles. The summed E-state index contributed by atoms with van der Waals surface area (Å²) >= 11 is 0. The van der Waals surface area contributed by atoms with Gasteiger partial charge in [0.05, 0.1) is 15.9 Å². The molecule has 0 radical (unpaired) electrons. The molecule has 4 aromatic rings. The molecule has 12 heteroatoms. The minimum absolute atomic E-state index is 0.0579. The monoisotopic (exact) mass is 562 g/mol. The molecule has 2 heterocycles. The first kappa shape index (κ1) is 27.2. The van der Waals surface area contributed by atoms with Gasteiger partial charge in [-0.2, -0.15) is 4.72 Å². The predicted molar refractivity (Wildman–Crippen MR) is 152 cm³/mol. The van der Waals surface area contributed by atoms with Crippen LogP contribution in [0.3, 0.4) is 0 Å². The first-order valence-electron chi connectivity index (χ1n) is 12.9. The fourth-order valence-electron chi connectivity index (χ4n) is 4.65. The Hall–Kier alpha value is -4.42. The number of amides is 1. The van der Waals surface area contributed by atoms with Gasteiger partial charge in [-0.15, -0.1) is 0 Å². The van der Waals surface area contributed by atoms with Crippen molar-refractivity contribution in [1.82, 2.24) is 20.0 Å². The normalized spacial score (nSPS) is 15.1. The number of aromatic nitrogens is 2. The van der Waals surface area contributed by atoms with E-state index in [0.717, 1.165) is 48.6 Å². The third kappa shape index (κ3) is 6.41. The van der Waals surface area contributed by atoms with Crippen molar-refractivity contribution < 1.29 is 23.1 Å². The molecule has 40 heavy (non-hydrogen) atoms. The molecule has 0 spiro atoms. The van der Waals surface area contributed by atoms with Gasteiger partial charge in [-0.25, -0.2) is 13.4 Å². The van der Waals surface area contributed by atoms with E-state index in [1.807, 2.05) is 36.4 Å². The number of benzene rings is 3. The number of piperidine rings is 1. The van der Waals surface area contributed by atoms with E-state index in [1.54, 1.807) is 18.2 Å². The second-order valence-electron chi connectivity index (χ2n) is 9.59. The van der Waals surface area contributed by atoms with Gasteiger partial charge >= 0.3 is 5.97 Å². The number of fused-ring (bicyclic) bond motifs is 1. The Morgan fingerprint density at radius 3 is 2.33 bits per heavy atom. The zero-order valence-corrected chi connectivity index (χ0v) is 22.4. The van der Waals surface area contributed by atoms with Crippen LogP contribution < -0.4 is 20.3 Å². The van der Waals surface area contributed by atoms with Gasteiger partial charge in [0.25, 0.3) is 5.91 Å². The molecule has 0 aliphatic carbocycles. The third-order valence-electron chi connectivity index (χ3n) is 6.84. The number of nitrogens with zero attached hydrogens (tertiary/aromatic N) is 2. The zero-order chi connectivity index (χ0) is 28.1. The molecule has 208 valence electrons. The zero-order valence-electron chi connectivity index (χ0n) is 21.6. The summed E-state index contributed by atoms with van der Waals surface area (Å²) in [5, 5.41) is 15.5. The number of aliphatic carboxylic acids is 1. The van der Waals surface area contributed by atoms with E-state index in [1.165, 1.54) is 24.3 Å². The van der Waals surface area contributed by atoms with Crippen LogP contribution in [0.15, 0.2) is 83.8 Å². The number of carboxylic acid groups (broad SMARTS) is 1. The average molecular weight is 563 g/mol. The van der Waals surface area contributed by atoms with Crippen molar-refractivity contribution in [3.05, 3.63) is 84.4 Å². The van der Waals surface area contributed by atoms with Crippen LogP contribution in [0.2, 0.25) is 0 Å². The molecule has 1 atom stereocenters. The molecule has 0 bridgehead atoms. The quantitative estimate of drug-likeness (QED) is 0.198. The second kappa shape index (κ2) is 11.8. The highest BCUT2D eigenvalue weighted by atomic mass is 32.2. The number of hydrogen-bond acceptors (Lipinski definition) is 7. The Balaban J connectivity index is 1.12. The maximum atomic E-state index is 12.7. The summed E-state index contributed by atoms with van der Waals surface area (Å²) in [6.45, 7) is 1.27. The summed E-state index contributed by atoms with van der Waals surface area (Å²) in [6, 6.07) is 21.2. The summed E-state index contributed by atoms with van der Waals surface area (Å²) < 4.78 is 27.1. The van der Waals surface area contributed by atoms with Crippen molar-refractivity contribution in [1.29, 1.82) is 0 Å². The van der Waals surface area contributed by atoms with Crippen LogP contribution in [0.25, 0.3) is 11.0 Å². The highest BCUT2D eigenvalue weighted by Crippen LogP contribution is 2.23. The van der Waals surface area contributed by atoms with Crippen LogP contribution >= 0.6 is 0 Å². The number of H-pyrrole nitrogens is 1. The molecule has 1 aliphatic heterocycles. The van der Waals surface area contributed by atoms with Crippen LogP contribution in [0.1, 0.15) is 23.2 Å². The minimum Gasteiger partial charge on any atom is -0.480 e. The lowest BCUT2D eigenvalue weighted by Crippen LogP contribution is -2.48. The largest absolute Gasteiger partial charge is 0.480 e. The van der Waals surface area contributed by atoms with Crippen molar-refractivity contribution in [2.45, 2.75) is 29.8 Å². The number of rotatable bonds is 10. The number of carboxylic acids is 1. The molecule has 0 saturated carbocycles. The molecule has 1 unspecified atom stereocenters. The molecule has 1 saturated heterocycles. The van der Waals surface area contributed by atoms with E-state index in [-0.39, 0.29) is 4.90 Å². The highest BCUT2D eigenvalue weighted by Gasteiger charge is 2.26. The summed E-state index contributed by atoms with van der Waals surface area (Å²) in [4.78, 5) is 34.4. The molecule has 1 amide bonds. The van der Waals surface area contributed by atoms with E-state index < -0.39 is 34.5 Å². The number of carbonyl (C=O) groups is 2. The van der Waals surface area contributed by atoms with Gasteiger partial charge < -0.3 is 25.6 Å². The second-order valence-corrected chi connectivity index (χ2v) is 11.3. The van der Waals surface area contributed by atoms with Crippen LogP contribution in [0.5, 0.6) is 0 Å². The van der Waals surface area contributed by atoms with E-state index in [4.69, 9.17) is 0 Å². The predicted octanol–water partition coefficient (Wildman–Crippen LogP) is 2.81. The van der Waals surface area contributed by atoms with Gasteiger partial charge in [-0.1, -0.05) is 30.3 Å². The van der Waals surface area contributed by atoms with Crippen molar-refractivity contribution >= 4 is 44.6 Å². The van der Waals surface area contributed by atoms with Gasteiger partial charge in [0.1, 0.15) is 6.04 Å². The fraction of sp³-hybridized carbons (Fsp3) is 0.250. The van der Waals surface area contributed by atoms with Gasteiger partial charge in [-0.05, 0) is 61.4 Å². The van der Waals surface area contributed by atoms with Crippen LogP contribution in [-0.4, -0.2) is 67.1 Å². The first-order valence-corrected chi connectivity index (χ1v) is 14.4. The first-order chi connectivity index (χ1) is 19.3. The highest BCUT2D eigenvalue weighted by molar-refractivity contribution is 7.89. The Kier molecular flexibility index (Phi) is 7.99. The molecule has 3 aromatic carbocycles. The molecular formula is C28H30N6O5S. The maximum Gasteiger partial charge on any atom is 0.323 e. The van der Waals surface area contributed by atoms with Crippen LogP contribution in [0, 0.1) is 0 Å². The number of anilines is 2. The fourth-order valence-corrected chi connectivity index (χ4v) is 5.86. The topological polar surface area (TPSA) is 157 Å². The van der Waals surface area contributed by atoms with E-state index in [9.17, 15) is 23.1 Å². The smallest absolute Gasteiger partial charge is 0.323 e. The summed E-state index contributed by atoms with van der Waals surface area (Å²) in [5.74, 6) is -1.12. The third-order valence-corrected chi connectivity index (χ3v) is 8.32. The average Bonchev–Trinajstić information content (AvgIpc) is 3.38. The molecule has 5 rings (SSSR count). The molecule has 5 N–H and O–H groups in total. The Bertz CT molecular complexity index is 1550. The Labute approximate surface area is 231 Å². The lowest BCUT2D eigenvalue weighted by Gasteiger charge is -2.34. The SMILES string of the molecule is O=C(NCC(NS(=O)(=O)c1ccccc1)C(=O)O)c1ccc(N2CCC(Nc3nc4ccccc4[nH]3)CC2)cc1. The van der Waals surface area contributed by atoms with Gasteiger partial charge in [-0.3, -0.25) is 9.59 Å². The van der Waals surface area contributed by atoms with Crippen LogP contribution in [0.4, 0.5) is 11.6 Å². The number of para-hydroxylation sites is 2. The van der Waals surface area contributed by atoms with Gasteiger partial charge in [0.15, 0.2) is 0 Å². The van der Waals surface area contributed by atoms with E-state index >= 15 is 0 Å². The van der Waals surface area contributed by atoms with E-state index in [2.05, 4.69) is 30.2 Å². The van der Waals surface area contributed by atoms with Crippen LogP contribution in [-0.2, 0) is 14.8 Å². The molecule has 1 fully saturated rings. The number of sulfonamides is 1. The number of imidazole rings is 1. The van der Waals surface area contributed by atoms with Crippen molar-refractivity contribution in [2.24, 2.45) is 0 Å². The van der Waals surface area contributed by atoms with E-state index in [0.29, 0.717) is 11.6 Å². The van der Waals surface area contributed by atoms with Crippen molar-refractivity contribution in [3.63, 3.8) is 0 Å². The lowest BCUT2D eigenvalue weighted by molar-refractivity contribution is -0.138.